The van der Waals surface area contributed by atoms with Crippen LogP contribution in [-0.4, -0.2) is 49.8 Å². The third-order valence-electron chi connectivity index (χ3n) is 0. The summed E-state index contributed by atoms with van der Waals surface area (Å²) in [7, 11) is 0. The standard InChI is InChI=1S/In.Ni.O.Sn.5H. The topological polar surface area (TPSA) is 17.1 Å². The molecule has 4 heteroatoms. The van der Waals surface area contributed by atoms with Crippen LogP contribution < -0.4 is 0 Å². The Labute approximate surface area is 68.2 Å². The van der Waals surface area contributed by atoms with E-state index in [-0.39, 0.29) is 49.8 Å². The summed E-state index contributed by atoms with van der Waals surface area (Å²) in [5, 5.41) is 0. The Hall–Kier alpha value is 1.96. The van der Waals surface area contributed by atoms with E-state index in [1.54, 1.807) is 0 Å². The Balaban J connectivity index is -0.00000000500. The Morgan fingerprint density at radius 2 is 1.25 bits per heavy atom. The van der Waals surface area contributed by atoms with Crippen molar-refractivity contribution < 1.29 is 19.3 Å². The van der Waals surface area contributed by atoms with Crippen LogP contribution in [0.4, 0.5) is 0 Å². The van der Waals surface area contributed by atoms with Crippen LogP contribution in [0.5, 0.6) is 0 Å². The molecule has 2 radical (unpaired) electrons. The molecular formula is H5InNiOSn. The molecule has 4 heavy (non-hydrogen) atoms. The second kappa shape index (κ2) is 20.2. The molecule has 0 bridgehead atoms. The molecule has 0 fully saturated rings. The van der Waals surface area contributed by atoms with E-state index in [0.717, 1.165) is 0 Å². The van der Waals surface area contributed by atoms with Crippen LogP contribution in [-0.2, 0) is 19.3 Å². The maximum atomic E-state index is 7.88. The van der Waals surface area contributed by atoms with E-state index in [0.29, 0.717) is 0 Å². The van der Waals surface area contributed by atoms with E-state index in [1.807, 2.05) is 0 Å². The van der Waals surface area contributed by atoms with Gasteiger partial charge in [0, 0.05) is 0 Å². The molecule has 0 aliphatic heterocycles. The molecule has 0 heterocycles. The first-order valence-electron chi connectivity index (χ1n) is 0.129. The van der Waals surface area contributed by atoms with Crippen molar-refractivity contribution in [2.45, 2.75) is 0 Å². The Morgan fingerprint density at radius 3 is 1.25 bits per heavy atom. The van der Waals surface area contributed by atoms with Gasteiger partial charge in [-0.1, -0.05) is 0 Å². The van der Waals surface area contributed by atoms with Crippen LogP contribution in [0.25, 0.3) is 0 Å². The predicted octanol–water partition coefficient (Wildman–Crippen LogP) is -2.22. The molecule has 0 unspecified atom stereocenters. The minimum absolute atomic E-state index is 0. The average Bonchev–Trinajstić information content (AvgIpc) is 1.00. The van der Waals surface area contributed by atoms with Crippen molar-refractivity contribution in [1.29, 1.82) is 0 Å². The van der Waals surface area contributed by atoms with Gasteiger partial charge in [-0.05, 0) is 0 Å². The Morgan fingerprint density at radius 1 is 1.25 bits per heavy atom. The van der Waals surface area contributed by atoms with Gasteiger partial charge < -0.3 is 0 Å². The molecule has 0 saturated heterocycles. The second-order valence-corrected chi connectivity index (χ2v) is 0. The van der Waals surface area contributed by atoms with Gasteiger partial charge in [-0.15, -0.1) is 0 Å². The number of hydrogen-bond donors (Lipinski definition) is 0. The van der Waals surface area contributed by atoms with Crippen molar-refractivity contribution in [3.05, 3.63) is 0 Å². The molecule has 0 amide bonds. The summed E-state index contributed by atoms with van der Waals surface area (Å²) in [4.78, 5) is 0. The zero-order valence-corrected chi connectivity index (χ0v) is 6.46. The fourth-order valence-corrected chi connectivity index (χ4v) is 0. The summed E-state index contributed by atoms with van der Waals surface area (Å²) >= 11 is 2.62. The summed E-state index contributed by atoms with van der Waals surface area (Å²) in [6.07, 6.45) is 0. The second-order valence-electron chi connectivity index (χ2n) is 0. The van der Waals surface area contributed by atoms with Crippen LogP contribution in [0.15, 0.2) is 0 Å². The van der Waals surface area contributed by atoms with Crippen LogP contribution in [0, 0.1) is 0 Å². The van der Waals surface area contributed by atoms with Gasteiger partial charge in [0.15, 0.2) is 0 Å². The minimum atomic E-state index is 0. The molecule has 0 saturated carbocycles. The van der Waals surface area contributed by atoms with Gasteiger partial charge in [0.25, 0.3) is 0 Å². The Bertz CT molecular complexity index is 8.00. The van der Waals surface area contributed by atoms with Crippen molar-refractivity contribution >= 4 is 49.8 Å². The molecule has 0 aromatic heterocycles. The third kappa shape index (κ3) is 9.03. The first-order chi connectivity index (χ1) is 1.00. The molecule has 1 nitrogen and oxygen atoms in total. The molecular weight excluding hydrogens is 308 g/mol. The molecule has 0 aliphatic carbocycles. The van der Waals surface area contributed by atoms with Crippen molar-refractivity contribution in [3.63, 3.8) is 0 Å². The van der Waals surface area contributed by atoms with Crippen molar-refractivity contribution in [2.24, 2.45) is 0 Å². The first-order valence-corrected chi connectivity index (χ1v) is 0.532. The summed E-state index contributed by atoms with van der Waals surface area (Å²) in [5.74, 6) is 0. The molecule has 0 N–H and O–H groups in total. The van der Waals surface area contributed by atoms with Gasteiger partial charge in [0.2, 0.25) is 0 Å². The SMILES string of the molecule is [InH3].[O]=[Ni].[SnH2]. The van der Waals surface area contributed by atoms with Crippen LogP contribution in [0.3, 0.4) is 0 Å². The number of hydrogen-bond acceptors (Lipinski definition) is 1. The van der Waals surface area contributed by atoms with Gasteiger partial charge in [-0.3, -0.25) is 0 Å². The summed E-state index contributed by atoms with van der Waals surface area (Å²) in [6.45, 7) is 0. The van der Waals surface area contributed by atoms with Gasteiger partial charge in [-0.2, -0.15) is 0 Å². The molecule has 0 spiro atoms. The average molecular weight is 313 g/mol. The van der Waals surface area contributed by atoms with Crippen LogP contribution in [0.2, 0.25) is 0 Å². The van der Waals surface area contributed by atoms with Gasteiger partial charge in [0.05, 0.1) is 0 Å². The maximum absolute atomic E-state index is 7.88. The zero-order chi connectivity index (χ0) is 2.00. The van der Waals surface area contributed by atoms with Crippen LogP contribution >= 0.6 is 0 Å². The van der Waals surface area contributed by atoms with Gasteiger partial charge >= 0.3 is 69.0 Å². The predicted molar refractivity (Wildman–Crippen MR) is 19.2 cm³/mol. The third-order valence-corrected chi connectivity index (χ3v) is 0. The van der Waals surface area contributed by atoms with E-state index < -0.39 is 0 Å². The van der Waals surface area contributed by atoms with Gasteiger partial charge in [-0.25, -0.2) is 0 Å². The van der Waals surface area contributed by atoms with Crippen LogP contribution in [0.1, 0.15) is 0 Å². The fourth-order valence-electron chi connectivity index (χ4n) is 0. The molecule has 0 atom stereocenters. The fraction of sp³-hybridized carbons (Fsp3) is 0. The van der Waals surface area contributed by atoms with Gasteiger partial charge in [0.1, 0.15) is 0 Å². The molecule has 28 valence electrons. The normalized spacial score (nSPS) is 1.50. The molecule has 0 aromatic rings. The van der Waals surface area contributed by atoms with E-state index >= 15 is 0 Å². The Kier molecular flexibility index (Phi) is 84.6. The van der Waals surface area contributed by atoms with E-state index in [2.05, 4.69) is 15.4 Å². The summed E-state index contributed by atoms with van der Waals surface area (Å²) in [6, 6.07) is 0. The van der Waals surface area contributed by atoms with Crippen molar-refractivity contribution in [2.75, 3.05) is 0 Å². The van der Waals surface area contributed by atoms with E-state index in [4.69, 9.17) is 3.90 Å². The summed E-state index contributed by atoms with van der Waals surface area (Å²) < 4.78 is 7.88. The number of rotatable bonds is 0. The van der Waals surface area contributed by atoms with Crippen molar-refractivity contribution in [1.82, 2.24) is 0 Å². The zero-order valence-electron chi connectivity index (χ0n) is 1.43. The molecule has 0 rings (SSSR count). The van der Waals surface area contributed by atoms with E-state index in [9.17, 15) is 0 Å². The van der Waals surface area contributed by atoms with E-state index in [1.165, 1.54) is 0 Å². The quantitative estimate of drug-likeness (QED) is 0.463. The summed E-state index contributed by atoms with van der Waals surface area (Å²) in [5.41, 5.74) is 0. The van der Waals surface area contributed by atoms with Crippen molar-refractivity contribution in [3.8, 4) is 0 Å². The monoisotopic (exact) mass is 314 g/mol. The molecule has 0 aliphatic rings. The first kappa shape index (κ1) is 16.7. The molecule has 0 aromatic carbocycles.